The molecule has 0 unspecified atom stereocenters. The minimum Gasteiger partial charge on any atom is -0.483 e. The molecule has 35 heavy (non-hydrogen) atoms. The maximum absolute atomic E-state index is 13.1. The summed E-state index contributed by atoms with van der Waals surface area (Å²) >= 11 is 1.37. The molecular weight excluding hydrogens is 468 g/mol. The molecular formula is C26H24N2O6S. The summed E-state index contributed by atoms with van der Waals surface area (Å²) in [5.41, 5.74) is 2.88. The number of carbonyl (C=O) groups is 2. The molecule has 0 aliphatic carbocycles. The third-order valence-corrected chi connectivity index (χ3v) is 6.45. The van der Waals surface area contributed by atoms with Crippen molar-refractivity contribution in [1.82, 2.24) is 10.3 Å². The second-order valence-corrected chi connectivity index (χ2v) is 8.88. The summed E-state index contributed by atoms with van der Waals surface area (Å²) in [5.74, 6) is -1.30. The number of thiazole rings is 1. The quantitative estimate of drug-likeness (QED) is 0.363. The van der Waals surface area contributed by atoms with E-state index in [9.17, 15) is 19.5 Å². The number of aryl methyl sites for hydroxylation is 2. The average molecular weight is 493 g/mol. The van der Waals surface area contributed by atoms with Crippen LogP contribution in [0.3, 0.4) is 0 Å². The van der Waals surface area contributed by atoms with Gasteiger partial charge in [-0.25, -0.2) is 9.78 Å². The minimum absolute atomic E-state index is 0.157. The van der Waals surface area contributed by atoms with Gasteiger partial charge in [0, 0.05) is 23.6 Å². The first-order valence-electron chi connectivity index (χ1n) is 11.1. The normalized spacial score (nSPS) is 11.8. The number of amides is 1. The number of aliphatic carboxylic acids is 1. The molecule has 1 amide bonds. The molecule has 0 fully saturated rings. The Bertz CT molecular complexity index is 1430. The van der Waals surface area contributed by atoms with Crippen LogP contribution in [0.2, 0.25) is 0 Å². The van der Waals surface area contributed by atoms with Gasteiger partial charge in [-0.05, 0) is 30.5 Å². The number of carbonyl (C=O) groups excluding carboxylic acids is 1. The monoisotopic (exact) mass is 492 g/mol. The Kier molecular flexibility index (Phi) is 7.26. The molecule has 0 bridgehead atoms. The molecule has 0 aliphatic heterocycles. The highest BCUT2D eigenvalue weighted by atomic mass is 32.1. The molecule has 0 saturated carbocycles. The van der Waals surface area contributed by atoms with Crippen molar-refractivity contribution < 1.29 is 23.8 Å². The summed E-state index contributed by atoms with van der Waals surface area (Å²) in [5, 5.41) is 14.9. The molecule has 9 heteroatoms. The lowest BCUT2D eigenvalue weighted by Gasteiger charge is -2.16. The number of nitrogens with one attached hydrogen (secondary N) is 1. The maximum Gasteiger partial charge on any atom is 0.326 e. The number of carboxylic acids is 1. The van der Waals surface area contributed by atoms with Gasteiger partial charge in [0.2, 0.25) is 5.43 Å². The van der Waals surface area contributed by atoms with Gasteiger partial charge in [0.15, 0.2) is 6.61 Å². The van der Waals surface area contributed by atoms with Crippen LogP contribution < -0.4 is 15.5 Å². The molecule has 4 rings (SSSR count). The molecule has 180 valence electrons. The third-order valence-electron chi connectivity index (χ3n) is 5.46. The standard InChI is InChI=1S/C26H24N2O6S/c1-3-17-10-18-22(33-12-19(24(18)30)25-27-15(2)14-35-25)11-21(17)34-13-23(29)28-20(26(31)32)9-16-7-5-4-6-8-16/h4-8,10-12,14,20H,3,9,13H2,1-2H3,(H,28,29)(H,31,32)/t20-/m0/s1. The van der Waals surface area contributed by atoms with Crippen molar-refractivity contribution in [3.05, 3.63) is 81.2 Å². The first-order chi connectivity index (χ1) is 16.9. The number of rotatable bonds is 9. The number of hydrogen-bond donors (Lipinski definition) is 2. The van der Waals surface area contributed by atoms with Crippen LogP contribution in [0.15, 0.2) is 63.3 Å². The van der Waals surface area contributed by atoms with Gasteiger partial charge in [-0.3, -0.25) is 9.59 Å². The lowest BCUT2D eigenvalue weighted by atomic mass is 10.1. The number of fused-ring (bicyclic) bond motifs is 1. The number of nitrogens with zero attached hydrogens (tertiary/aromatic N) is 1. The number of carboxylic acid groups (broad SMARTS) is 1. The van der Waals surface area contributed by atoms with Crippen molar-refractivity contribution in [3.63, 3.8) is 0 Å². The largest absolute Gasteiger partial charge is 0.483 e. The first kappa shape index (κ1) is 24.2. The Hall–Kier alpha value is -3.98. The SMILES string of the molecule is CCc1cc2c(=O)c(-c3nc(C)cs3)coc2cc1OCC(=O)N[C@@H](Cc1ccccc1)C(=O)O. The van der Waals surface area contributed by atoms with Crippen molar-refractivity contribution in [2.24, 2.45) is 0 Å². The van der Waals surface area contributed by atoms with Crippen molar-refractivity contribution in [2.75, 3.05) is 6.61 Å². The second kappa shape index (κ2) is 10.5. The van der Waals surface area contributed by atoms with E-state index >= 15 is 0 Å². The molecule has 0 aliphatic rings. The van der Waals surface area contributed by atoms with E-state index in [1.165, 1.54) is 17.6 Å². The van der Waals surface area contributed by atoms with Gasteiger partial charge >= 0.3 is 5.97 Å². The van der Waals surface area contributed by atoms with Crippen LogP contribution >= 0.6 is 11.3 Å². The molecule has 0 radical (unpaired) electrons. The predicted octanol–water partition coefficient (Wildman–Crippen LogP) is 3.98. The molecule has 2 heterocycles. The summed E-state index contributed by atoms with van der Waals surface area (Å²) < 4.78 is 11.4. The number of hydrogen-bond acceptors (Lipinski definition) is 7. The van der Waals surface area contributed by atoms with Crippen LogP contribution in [-0.4, -0.2) is 34.6 Å². The lowest BCUT2D eigenvalue weighted by molar-refractivity contribution is -0.142. The Morgan fingerprint density at radius 1 is 1.23 bits per heavy atom. The van der Waals surface area contributed by atoms with E-state index in [4.69, 9.17) is 9.15 Å². The number of aromatic nitrogens is 1. The Labute approximate surface area is 205 Å². The van der Waals surface area contributed by atoms with Crippen LogP contribution in [0.1, 0.15) is 23.7 Å². The van der Waals surface area contributed by atoms with Crippen molar-refractivity contribution >= 4 is 34.2 Å². The predicted molar refractivity (Wildman–Crippen MR) is 133 cm³/mol. The van der Waals surface area contributed by atoms with E-state index in [1.54, 1.807) is 24.3 Å². The summed E-state index contributed by atoms with van der Waals surface area (Å²) in [7, 11) is 0. The van der Waals surface area contributed by atoms with E-state index in [0.29, 0.717) is 33.7 Å². The molecule has 0 saturated heterocycles. The Morgan fingerprint density at radius 3 is 2.66 bits per heavy atom. The fraction of sp³-hybridized carbons (Fsp3) is 0.231. The zero-order chi connectivity index (χ0) is 24.9. The van der Waals surface area contributed by atoms with Crippen LogP contribution in [0.5, 0.6) is 5.75 Å². The van der Waals surface area contributed by atoms with Crippen molar-refractivity contribution in [2.45, 2.75) is 32.7 Å². The van der Waals surface area contributed by atoms with Crippen LogP contribution in [0, 0.1) is 6.92 Å². The van der Waals surface area contributed by atoms with Gasteiger partial charge in [0.1, 0.15) is 28.6 Å². The van der Waals surface area contributed by atoms with E-state index < -0.39 is 17.9 Å². The first-order valence-corrected chi connectivity index (χ1v) is 11.9. The minimum atomic E-state index is -1.13. The van der Waals surface area contributed by atoms with E-state index in [0.717, 1.165) is 16.8 Å². The molecule has 4 aromatic rings. The maximum atomic E-state index is 13.1. The fourth-order valence-electron chi connectivity index (χ4n) is 3.67. The van der Waals surface area contributed by atoms with E-state index in [-0.39, 0.29) is 18.5 Å². The summed E-state index contributed by atoms with van der Waals surface area (Å²) in [6, 6.07) is 11.3. The number of ether oxygens (including phenoxy) is 1. The van der Waals surface area contributed by atoms with Gasteiger partial charge in [0.05, 0.1) is 10.9 Å². The fourth-order valence-corrected chi connectivity index (χ4v) is 4.47. The molecule has 8 nitrogen and oxygen atoms in total. The Morgan fingerprint density at radius 2 is 2.00 bits per heavy atom. The smallest absolute Gasteiger partial charge is 0.326 e. The Balaban J connectivity index is 1.51. The van der Waals surface area contributed by atoms with Gasteiger partial charge in [-0.1, -0.05) is 37.3 Å². The van der Waals surface area contributed by atoms with Gasteiger partial charge in [0.25, 0.3) is 5.91 Å². The van der Waals surface area contributed by atoms with Crippen LogP contribution in [-0.2, 0) is 22.4 Å². The molecule has 0 spiro atoms. The van der Waals surface area contributed by atoms with E-state index in [2.05, 4.69) is 10.3 Å². The van der Waals surface area contributed by atoms with Gasteiger partial charge < -0.3 is 19.6 Å². The summed E-state index contributed by atoms with van der Waals surface area (Å²) in [4.78, 5) is 41.5. The zero-order valence-electron chi connectivity index (χ0n) is 19.2. The summed E-state index contributed by atoms with van der Waals surface area (Å²) in [6.45, 7) is 3.39. The summed E-state index contributed by atoms with van der Waals surface area (Å²) in [6.07, 6.45) is 2.09. The topological polar surface area (TPSA) is 119 Å². The third kappa shape index (κ3) is 5.58. The van der Waals surface area contributed by atoms with E-state index in [1.807, 2.05) is 37.4 Å². The number of benzene rings is 2. The highest BCUT2D eigenvalue weighted by molar-refractivity contribution is 7.13. The average Bonchev–Trinajstić information content (AvgIpc) is 3.28. The molecule has 2 N–H and O–H groups in total. The molecule has 2 aromatic carbocycles. The highest BCUT2D eigenvalue weighted by Gasteiger charge is 2.21. The van der Waals surface area contributed by atoms with Gasteiger partial charge in [-0.15, -0.1) is 11.3 Å². The van der Waals surface area contributed by atoms with Crippen LogP contribution in [0.4, 0.5) is 0 Å². The zero-order valence-corrected chi connectivity index (χ0v) is 20.1. The molecule has 2 aromatic heterocycles. The second-order valence-electron chi connectivity index (χ2n) is 8.02. The van der Waals surface area contributed by atoms with Crippen LogP contribution in [0.25, 0.3) is 21.5 Å². The lowest BCUT2D eigenvalue weighted by Crippen LogP contribution is -2.44. The van der Waals surface area contributed by atoms with Gasteiger partial charge in [-0.2, -0.15) is 0 Å². The highest BCUT2D eigenvalue weighted by Crippen LogP contribution is 2.28. The molecule has 1 atom stereocenters. The van der Waals surface area contributed by atoms with Crippen molar-refractivity contribution in [1.29, 1.82) is 0 Å². The van der Waals surface area contributed by atoms with Crippen molar-refractivity contribution in [3.8, 4) is 16.3 Å².